The molecular formula is C77H150O17P2. The van der Waals surface area contributed by atoms with Crippen molar-refractivity contribution in [1.82, 2.24) is 0 Å². The summed E-state index contributed by atoms with van der Waals surface area (Å²) in [7, 11) is -9.91. The van der Waals surface area contributed by atoms with Crippen molar-refractivity contribution in [3.63, 3.8) is 0 Å². The van der Waals surface area contributed by atoms with E-state index in [1.54, 1.807) is 0 Å². The standard InChI is InChI=1S/C77H150O17P2/c1-7-10-12-14-16-18-19-20-22-26-29-36-42-48-54-60-75(80)88-66-73(93-76(81)61-55-49-43-37-30-27-24-21-23-25-28-34-39-45-51-57-69(4)5)68-92-96(85,86)90-64-71(78)63-89-95(83,84)91-67-72(65-87-74(79)59-53-47-41-33-17-15-13-11-8-2)94-77(82)62-56-50-44-38-32-31-35-40-46-52-58-70(6)9-3/h69-73,78H,7-68H2,1-6H3,(H,83,84)(H,85,86)/t70?,71-,72+,73+/m0/s1. The average molecular weight is 1410 g/mol. The fourth-order valence-corrected chi connectivity index (χ4v) is 13.4. The van der Waals surface area contributed by atoms with Gasteiger partial charge in [-0.05, 0) is 37.5 Å². The number of phosphoric ester groups is 2. The summed E-state index contributed by atoms with van der Waals surface area (Å²) in [5.74, 6) is -0.508. The van der Waals surface area contributed by atoms with E-state index in [1.807, 2.05) is 0 Å². The largest absolute Gasteiger partial charge is 0.472 e. The molecule has 6 atom stereocenters. The van der Waals surface area contributed by atoms with Crippen LogP contribution in [-0.4, -0.2) is 96.7 Å². The molecule has 19 heteroatoms. The molecule has 0 spiro atoms. The number of aliphatic hydroxyl groups is 1. The molecule has 17 nitrogen and oxygen atoms in total. The van der Waals surface area contributed by atoms with Crippen molar-refractivity contribution in [2.24, 2.45) is 11.8 Å². The second-order valence-electron chi connectivity index (χ2n) is 28.5. The number of aliphatic hydroxyl groups excluding tert-OH is 1. The first kappa shape index (κ1) is 94.1. The Morgan fingerprint density at radius 3 is 0.792 bits per heavy atom. The second kappa shape index (κ2) is 68.8. The van der Waals surface area contributed by atoms with Crippen LogP contribution in [0.5, 0.6) is 0 Å². The van der Waals surface area contributed by atoms with Crippen LogP contribution in [0.15, 0.2) is 0 Å². The van der Waals surface area contributed by atoms with E-state index in [4.69, 9.17) is 37.0 Å². The number of ether oxygens (including phenoxy) is 4. The zero-order chi connectivity index (χ0) is 70.7. The van der Waals surface area contributed by atoms with Crippen molar-refractivity contribution in [3.8, 4) is 0 Å². The summed E-state index contributed by atoms with van der Waals surface area (Å²) >= 11 is 0. The molecule has 0 aliphatic heterocycles. The molecule has 0 bridgehead atoms. The van der Waals surface area contributed by atoms with Crippen molar-refractivity contribution in [1.29, 1.82) is 0 Å². The Morgan fingerprint density at radius 2 is 0.531 bits per heavy atom. The van der Waals surface area contributed by atoms with Gasteiger partial charge >= 0.3 is 39.5 Å². The molecule has 3 unspecified atom stereocenters. The molecule has 0 saturated carbocycles. The molecule has 0 heterocycles. The molecule has 0 aliphatic rings. The molecule has 0 aliphatic carbocycles. The molecule has 0 radical (unpaired) electrons. The number of esters is 4. The van der Waals surface area contributed by atoms with Crippen molar-refractivity contribution < 1.29 is 80.2 Å². The van der Waals surface area contributed by atoms with E-state index in [1.165, 1.54) is 218 Å². The van der Waals surface area contributed by atoms with Crippen LogP contribution in [0.2, 0.25) is 0 Å². The lowest BCUT2D eigenvalue weighted by Gasteiger charge is -2.21. The normalized spacial score (nSPS) is 14.3. The number of carbonyl (C=O) groups is 4. The fraction of sp³-hybridized carbons (Fsp3) is 0.948. The highest BCUT2D eigenvalue weighted by atomic mass is 31.2. The second-order valence-corrected chi connectivity index (χ2v) is 31.4. The molecule has 96 heavy (non-hydrogen) atoms. The Hall–Kier alpha value is -1.94. The highest BCUT2D eigenvalue weighted by Crippen LogP contribution is 2.45. The minimum atomic E-state index is -4.96. The van der Waals surface area contributed by atoms with E-state index in [0.29, 0.717) is 25.7 Å². The van der Waals surface area contributed by atoms with E-state index in [-0.39, 0.29) is 25.7 Å². The average Bonchev–Trinajstić information content (AvgIpc) is 2.14. The molecule has 0 amide bonds. The molecule has 0 rings (SSSR count). The summed E-state index contributed by atoms with van der Waals surface area (Å²) in [6, 6.07) is 0. The van der Waals surface area contributed by atoms with E-state index >= 15 is 0 Å². The van der Waals surface area contributed by atoms with Gasteiger partial charge in [0.2, 0.25) is 0 Å². The Kier molecular flexibility index (Phi) is 67.4. The van der Waals surface area contributed by atoms with Crippen LogP contribution in [0.1, 0.15) is 401 Å². The third-order valence-corrected chi connectivity index (χ3v) is 20.2. The third-order valence-electron chi connectivity index (χ3n) is 18.3. The SMILES string of the molecule is CCCCCCCCCCCCCCCCCC(=O)OC[C@H](COP(=O)(O)OC[C@@H](O)COP(=O)(O)OC[C@@H](COC(=O)CCCCCCCCCCC)OC(=O)CCCCCCCCCCCCC(C)CC)OC(=O)CCCCCCCCCCCCCCCCCC(C)C. The Balaban J connectivity index is 5.23. The van der Waals surface area contributed by atoms with Crippen LogP contribution < -0.4 is 0 Å². The molecule has 0 aromatic carbocycles. The van der Waals surface area contributed by atoms with Gasteiger partial charge in [-0.3, -0.25) is 37.3 Å². The molecule has 0 saturated heterocycles. The zero-order valence-electron chi connectivity index (χ0n) is 62.7. The molecular weight excluding hydrogens is 1260 g/mol. The van der Waals surface area contributed by atoms with Gasteiger partial charge in [0.15, 0.2) is 12.2 Å². The van der Waals surface area contributed by atoms with E-state index in [9.17, 15) is 43.2 Å². The van der Waals surface area contributed by atoms with Gasteiger partial charge in [0.1, 0.15) is 19.3 Å². The lowest BCUT2D eigenvalue weighted by molar-refractivity contribution is -0.161. The summed E-state index contributed by atoms with van der Waals surface area (Å²) < 4.78 is 68.6. The van der Waals surface area contributed by atoms with Gasteiger partial charge in [0.25, 0.3) is 0 Å². The molecule has 0 fully saturated rings. The molecule has 570 valence electrons. The van der Waals surface area contributed by atoms with Crippen LogP contribution in [-0.2, 0) is 65.4 Å². The van der Waals surface area contributed by atoms with Crippen LogP contribution >= 0.6 is 15.6 Å². The maximum absolute atomic E-state index is 13.1. The minimum absolute atomic E-state index is 0.106. The number of rotatable bonds is 76. The minimum Gasteiger partial charge on any atom is -0.462 e. The monoisotopic (exact) mass is 1410 g/mol. The summed E-state index contributed by atoms with van der Waals surface area (Å²) in [6.07, 6.45) is 56.7. The van der Waals surface area contributed by atoms with E-state index in [0.717, 1.165) is 102 Å². The smallest absolute Gasteiger partial charge is 0.462 e. The van der Waals surface area contributed by atoms with Crippen molar-refractivity contribution in [3.05, 3.63) is 0 Å². The predicted molar refractivity (Wildman–Crippen MR) is 391 cm³/mol. The Bertz CT molecular complexity index is 1860. The summed E-state index contributed by atoms with van der Waals surface area (Å²) in [5, 5.41) is 10.6. The maximum atomic E-state index is 13.1. The van der Waals surface area contributed by atoms with Crippen molar-refractivity contribution in [2.45, 2.75) is 419 Å². The van der Waals surface area contributed by atoms with Gasteiger partial charge in [0.05, 0.1) is 26.4 Å². The summed E-state index contributed by atoms with van der Waals surface area (Å²) in [6.45, 7) is 9.64. The predicted octanol–water partition coefficient (Wildman–Crippen LogP) is 22.7. The number of hydrogen-bond acceptors (Lipinski definition) is 15. The van der Waals surface area contributed by atoms with Gasteiger partial charge < -0.3 is 33.8 Å². The summed E-state index contributed by atoms with van der Waals surface area (Å²) in [5.41, 5.74) is 0. The van der Waals surface area contributed by atoms with Gasteiger partial charge in [0, 0.05) is 25.7 Å². The van der Waals surface area contributed by atoms with Gasteiger partial charge in [-0.15, -0.1) is 0 Å². The van der Waals surface area contributed by atoms with Crippen molar-refractivity contribution in [2.75, 3.05) is 39.6 Å². The number of unbranched alkanes of at least 4 members (excludes halogenated alkanes) is 45. The highest BCUT2D eigenvalue weighted by molar-refractivity contribution is 7.47. The number of hydrogen-bond donors (Lipinski definition) is 3. The Morgan fingerprint density at radius 1 is 0.302 bits per heavy atom. The first-order valence-corrected chi connectivity index (χ1v) is 43.0. The highest BCUT2D eigenvalue weighted by Gasteiger charge is 2.30. The summed E-state index contributed by atoms with van der Waals surface area (Å²) in [4.78, 5) is 72.8. The van der Waals surface area contributed by atoms with Crippen LogP contribution in [0.4, 0.5) is 0 Å². The molecule has 0 aromatic heterocycles. The first-order chi connectivity index (χ1) is 46.4. The van der Waals surface area contributed by atoms with Crippen molar-refractivity contribution >= 4 is 39.5 Å². The zero-order valence-corrected chi connectivity index (χ0v) is 64.5. The molecule has 3 N–H and O–H groups in total. The Labute approximate surface area is 588 Å². The topological polar surface area (TPSA) is 237 Å². The third kappa shape index (κ3) is 69.2. The van der Waals surface area contributed by atoms with Gasteiger partial charge in [-0.25, -0.2) is 9.13 Å². The van der Waals surface area contributed by atoms with Gasteiger partial charge in [-0.2, -0.15) is 0 Å². The van der Waals surface area contributed by atoms with Crippen LogP contribution in [0, 0.1) is 11.8 Å². The van der Waals surface area contributed by atoms with Crippen LogP contribution in [0.3, 0.4) is 0 Å². The first-order valence-electron chi connectivity index (χ1n) is 40.0. The maximum Gasteiger partial charge on any atom is 0.472 e. The lowest BCUT2D eigenvalue weighted by Crippen LogP contribution is -2.30. The molecule has 0 aromatic rings. The number of carbonyl (C=O) groups excluding carboxylic acids is 4. The van der Waals surface area contributed by atoms with Crippen LogP contribution in [0.25, 0.3) is 0 Å². The lowest BCUT2D eigenvalue weighted by atomic mass is 9.99. The quantitative estimate of drug-likeness (QED) is 0.0222. The van der Waals surface area contributed by atoms with E-state index in [2.05, 4.69) is 41.5 Å². The van der Waals surface area contributed by atoms with E-state index < -0.39 is 97.5 Å². The van der Waals surface area contributed by atoms with Gasteiger partial charge in [-0.1, -0.05) is 350 Å². The number of phosphoric acid groups is 2. The fourth-order valence-electron chi connectivity index (χ4n) is 11.8.